The van der Waals surface area contributed by atoms with Crippen molar-refractivity contribution in [2.45, 2.75) is 32.3 Å². The lowest BCUT2D eigenvalue weighted by Gasteiger charge is -2.16. The number of rotatable bonds is 5. The molecule has 0 radical (unpaired) electrons. The van der Waals surface area contributed by atoms with Crippen molar-refractivity contribution in [2.24, 2.45) is 0 Å². The first-order valence-electron chi connectivity index (χ1n) is 7.11. The first-order chi connectivity index (χ1) is 10.0. The molecule has 0 amide bonds. The molecule has 2 aromatic carbocycles. The fourth-order valence-corrected chi connectivity index (χ4v) is 2.72. The number of halogens is 1. The van der Waals surface area contributed by atoms with Gasteiger partial charge in [0.05, 0.1) is 13.2 Å². The summed E-state index contributed by atoms with van der Waals surface area (Å²) >= 11 is 3.44. The van der Waals surface area contributed by atoms with Crippen molar-refractivity contribution < 1.29 is 9.84 Å². The summed E-state index contributed by atoms with van der Waals surface area (Å²) in [4.78, 5) is 0. The van der Waals surface area contributed by atoms with Crippen LogP contribution in [0.4, 0.5) is 0 Å². The number of benzene rings is 2. The summed E-state index contributed by atoms with van der Waals surface area (Å²) in [6.45, 7) is 4.35. The van der Waals surface area contributed by atoms with Crippen LogP contribution in [0.25, 0.3) is 0 Å². The number of hydrogen-bond donors (Lipinski definition) is 1. The third-order valence-corrected chi connectivity index (χ3v) is 4.12. The Labute approximate surface area is 134 Å². The summed E-state index contributed by atoms with van der Waals surface area (Å²) in [5, 5.41) is 10.5. The van der Waals surface area contributed by atoms with Crippen LogP contribution >= 0.6 is 15.9 Å². The van der Waals surface area contributed by atoms with E-state index >= 15 is 0 Å². The summed E-state index contributed by atoms with van der Waals surface area (Å²) in [5.74, 6) is 1.23. The summed E-state index contributed by atoms with van der Waals surface area (Å²) in [6.07, 6.45) is -0.00657. The molecule has 112 valence electrons. The first-order valence-corrected chi connectivity index (χ1v) is 7.91. The van der Waals surface area contributed by atoms with Crippen LogP contribution in [0.15, 0.2) is 46.9 Å². The molecule has 0 bridgehead atoms. The van der Waals surface area contributed by atoms with Gasteiger partial charge in [-0.15, -0.1) is 0 Å². The molecule has 2 aromatic rings. The average molecular weight is 349 g/mol. The number of methoxy groups -OCH3 is 1. The number of ether oxygens (including phenoxy) is 1. The van der Waals surface area contributed by atoms with Crippen LogP contribution in [0.3, 0.4) is 0 Å². The molecule has 0 aliphatic carbocycles. The average Bonchev–Trinajstić information content (AvgIpc) is 2.47. The van der Waals surface area contributed by atoms with Gasteiger partial charge in [0.15, 0.2) is 0 Å². The van der Waals surface area contributed by atoms with Gasteiger partial charge in [-0.1, -0.05) is 54.0 Å². The van der Waals surface area contributed by atoms with E-state index in [0.717, 1.165) is 15.6 Å². The van der Waals surface area contributed by atoms with Crippen LogP contribution in [0.5, 0.6) is 5.75 Å². The van der Waals surface area contributed by atoms with Crippen molar-refractivity contribution in [2.75, 3.05) is 7.11 Å². The van der Waals surface area contributed by atoms with Crippen LogP contribution in [0.2, 0.25) is 0 Å². The van der Waals surface area contributed by atoms with Gasteiger partial charge in [0.1, 0.15) is 5.75 Å². The van der Waals surface area contributed by atoms with E-state index in [4.69, 9.17) is 4.74 Å². The molecule has 0 aromatic heterocycles. The zero-order valence-corrected chi connectivity index (χ0v) is 14.2. The molecular weight excluding hydrogens is 328 g/mol. The minimum atomic E-state index is -0.581. The van der Waals surface area contributed by atoms with Gasteiger partial charge < -0.3 is 9.84 Å². The largest absolute Gasteiger partial charge is 0.496 e. The predicted molar refractivity (Wildman–Crippen MR) is 89.9 cm³/mol. The van der Waals surface area contributed by atoms with Crippen molar-refractivity contribution in [3.63, 3.8) is 0 Å². The van der Waals surface area contributed by atoms with Crippen molar-refractivity contribution in [1.82, 2.24) is 0 Å². The number of aliphatic hydroxyl groups is 1. The fourth-order valence-electron chi connectivity index (χ4n) is 2.34. The lowest BCUT2D eigenvalue weighted by molar-refractivity contribution is 0.174. The molecule has 1 unspecified atom stereocenters. The van der Waals surface area contributed by atoms with Crippen LogP contribution in [-0.2, 0) is 6.42 Å². The van der Waals surface area contributed by atoms with Gasteiger partial charge in [-0.25, -0.2) is 0 Å². The highest BCUT2D eigenvalue weighted by Gasteiger charge is 2.14. The maximum atomic E-state index is 10.5. The quantitative estimate of drug-likeness (QED) is 0.836. The second kappa shape index (κ2) is 7.10. The van der Waals surface area contributed by atoms with Crippen molar-refractivity contribution >= 4 is 15.9 Å². The summed E-state index contributed by atoms with van der Waals surface area (Å²) < 4.78 is 6.27. The van der Waals surface area contributed by atoms with Crippen LogP contribution in [-0.4, -0.2) is 12.2 Å². The molecule has 0 heterocycles. The molecular formula is C18H21BrO2. The molecule has 1 atom stereocenters. The zero-order valence-electron chi connectivity index (χ0n) is 12.6. The van der Waals surface area contributed by atoms with Crippen LogP contribution in [0, 0.1) is 0 Å². The van der Waals surface area contributed by atoms with E-state index in [1.165, 1.54) is 5.56 Å². The van der Waals surface area contributed by atoms with E-state index in [0.29, 0.717) is 18.1 Å². The lowest BCUT2D eigenvalue weighted by atomic mass is 9.97. The number of hydrogen-bond acceptors (Lipinski definition) is 2. The van der Waals surface area contributed by atoms with Gasteiger partial charge in [0.2, 0.25) is 0 Å². The van der Waals surface area contributed by atoms with E-state index in [1.807, 2.05) is 18.2 Å². The second-order valence-corrected chi connectivity index (χ2v) is 6.42. The predicted octanol–water partition coefficient (Wildman–Crippen LogP) is 4.86. The number of aliphatic hydroxyl groups excluding tert-OH is 1. The molecule has 0 aliphatic rings. The monoisotopic (exact) mass is 348 g/mol. The Morgan fingerprint density at radius 1 is 1.10 bits per heavy atom. The zero-order chi connectivity index (χ0) is 15.4. The topological polar surface area (TPSA) is 29.5 Å². The molecule has 2 nitrogen and oxygen atoms in total. The molecule has 0 aliphatic heterocycles. The van der Waals surface area contributed by atoms with Crippen molar-refractivity contribution in [3.05, 3.63) is 63.6 Å². The van der Waals surface area contributed by atoms with Crippen molar-refractivity contribution in [1.29, 1.82) is 0 Å². The maximum absolute atomic E-state index is 10.5. The molecule has 3 heteroatoms. The van der Waals surface area contributed by atoms with Gasteiger partial charge in [0.25, 0.3) is 0 Å². The Kier molecular flexibility index (Phi) is 5.43. The Hall–Kier alpha value is -1.32. The highest BCUT2D eigenvalue weighted by Crippen LogP contribution is 2.30. The molecule has 0 spiro atoms. The molecule has 0 saturated heterocycles. The van der Waals surface area contributed by atoms with Gasteiger partial charge in [-0.2, -0.15) is 0 Å². The third-order valence-electron chi connectivity index (χ3n) is 3.63. The van der Waals surface area contributed by atoms with Gasteiger partial charge in [0, 0.05) is 16.5 Å². The molecule has 1 N–H and O–H groups in total. The SMILES string of the molecule is COc1ccc(Br)cc1C(O)Cc1ccc(C(C)C)cc1. The van der Waals surface area contributed by atoms with E-state index < -0.39 is 6.10 Å². The minimum absolute atomic E-state index is 0.522. The summed E-state index contributed by atoms with van der Waals surface area (Å²) in [7, 11) is 1.62. The van der Waals surface area contributed by atoms with Crippen molar-refractivity contribution in [3.8, 4) is 5.75 Å². The second-order valence-electron chi connectivity index (χ2n) is 5.50. The fraction of sp³-hybridized carbons (Fsp3) is 0.333. The van der Waals surface area contributed by atoms with E-state index in [-0.39, 0.29) is 0 Å². The Bertz CT molecular complexity index is 591. The minimum Gasteiger partial charge on any atom is -0.496 e. The Morgan fingerprint density at radius 2 is 1.76 bits per heavy atom. The van der Waals surface area contributed by atoms with Gasteiger partial charge in [-0.3, -0.25) is 0 Å². The van der Waals surface area contributed by atoms with E-state index in [9.17, 15) is 5.11 Å². The molecule has 0 saturated carbocycles. The third kappa shape index (κ3) is 4.08. The first kappa shape index (κ1) is 16.1. The normalized spacial score (nSPS) is 12.5. The molecule has 0 fully saturated rings. The Balaban J connectivity index is 2.17. The molecule has 21 heavy (non-hydrogen) atoms. The van der Waals surface area contributed by atoms with Gasteiger partial charge in [-0.05, 0) is 35.2 Å². The standard InChI is InChI=1S/C18H21BrO2/c1-12(2)14-6-4-13(5-7-14)10-17(20)16-11-15(19)8-9-18(16)21-3/h4-9,11-12,17,20H,10H2,1-3H3. The Morgan fingerprint density at radius 3 is 2.33 bits per heavy atom. The molecule has 2 rings (SSSR count). The highest BCUT2D eigenvalue weighted by molar-refractivity contribution is 9.10. The lowest BCUT2D eigenvalue weighted by Crippen LogP contribution is -2.04. The highest BCUT2D eigenvalue weighted by atomic mass is 79.9. The van der Waals surface area contributed by atoms with E-state index in [2.05, 4.69) is 54.0 Å². The van der Waals surface area contributed by atoms with Crippen LogP contribution < -0.4 is 4.74 Å². The van der Waals surface area contributed by atoms with Gasteiger partial charge >= 0.3 is 0 Å². The van der Waals surface area contributed by atoms with E-state index in [1.54, 1.807) is 7.11 Å². The maximum Gasteiger partial charge on any atom is 0.124 e. The summed E-state index contributed by atoms with van der Waals surface area (Å²) in [6, 6.07) is 14.1. The smallest absolute Gasteiger partial charge is 0.124 e. The summed E-state index contributed by atoms with van der Waals surface area (Å²) in [5.41, 5.74) is 3.24. The van der Waals surface area contributed by atoms with Crippen LogP contribution in [0.1, 0.15) is 42.6 Å².